The van der Waals surface area contributed by atoms with Crippen molar-refractivity contribution >= 4 is 23.4 Å². The Kier molecular flexibility index (Phi) is 7.01. The Hall–Kier alpha value is -4.33. The molecule has 0 fully saturated rings. The summed E-state index contributed by atoms with van der Waals surface area (Å²) in [5.74, 6) is 0.538. The van der Waals surface area contributed by atoms with Gasteiger partial charge in [-0.3, -0.25) is 19.3 Å². The Bertz CT molecular complexity index is 1290. The van der Waals surface area contributed by atoms with Gasteiger partial charge in [-0.05, 0) is 61.4 Å². The van der Waals surface area contributed by atoms with Gasteiger partial charge in [0.05, 0.1) is 37.6 Å². The van der Waals surface area contributed by atoms with Gasteiger partial charge in [-0.25, -0.2) is 0 Å². The number of rotatable bonds is 9. The van der Waals surface area contributed by atoms with Crippen LogP contribution in [0, 0.1) is 0 Å². The molecule has 0 spiro atoms. The fourth-order valence-electron chi connectivity index (χ4n) is 3.96. The normalized spacial score (nSPS) is 12.4. The minimum atomic E-state index is -0.421. The van der Waals surface area contributed by atoms with Crippen LogP contribution in [0.25, 0.3) is 0 Å². The van der Waals surface area contributed by atoms with Gasteiger partial charge in [0.15, 0.2) is 11.5 Å². The summed E-state index contributed by atoms with van der Waals surface area (Å²) < 4.78 is 16.1. The van der Waals surface area contributed by atoms with E-state index in [1.807, 2.05) is 25.1 Å². The van der Waals surface area contributed by atoms with E-state index < -0.39 is 11.8 Å². The van der Waals surface area contributed by atoms with E-state index in [2.05, 4.69) is 5.32 Å². The second-order valence-electron chi connectivity index (χ2n) is 7.84. The first-order valence-corrected chi connectivity index (χ1v) is 11.2. The molecule has 0 aromatic heterocycles. The second-order valence-corrected chi connectivity index (χ2v) is 7.84. The highest BCUT2D eigenvalue weighted by molar-refractivity contribution is 6.22. The Balaban J connectivity index is 1.49. The number of benzene rings is 3. The molecule has 8 heteroatoms. The number of ether oxygens (including phenoxy) is 3. The quantitative estimate of drug-likeness (QED) is 0.468. The number of carbonyl (C=O) groups is 3. The van der Waals surface area contributed by atoms with Crippen molar-refractivity contribution in [1.29, 1.82) is 0 Å². The lowest BCUT2D eigenvalue weighted by Gasteiger charge is -2.14. The maximum atomic E-state index is 13.0. The summed E-state index contributed by atoms with van der Waals surface area (Å²) in [6.07, 6.45) is 0.452. The second kappa shape index (κ2) is 10.3. The number of carbonyl (C=O) groups excluding carboxylic acids is 3. The SMILES string of the molecule is CCOc1ccccc1NC(=O)c1ccc2c(c1)C(=O)N(CCc1ccc(OC)c(OC)c1)C2=O. The van der Waals surface area contributed by atoms with Gasteiger partial charge in [0.2, 0.25) is 0 Å². The van der Waals surface area contributed by atoms with Crippen LogP contribution in [0.15, 0.2) is 60.7 Å². The lowest BCUT2D eigenvalue weighted by Crippen LogP contribution is -2.31. The summed E-state index contributed by atoms with van der Waals surface area (Å²) in [5, 5.41) is 2.81. The average Bonchev–Trinajstić information content (AvgIpc) is 3.12. The highest BCUT2D eigenvalue weighted by atomic mass is 16.5. The molecule has 3 aromatic rings. The smallest absolute Gasteiger partial charge is 0.261 e. The van der Waals surface area contributed by atoms with E-state index in [1.54, 1.807) is 44.6 Å². The van der Waals surface area contributed by atoms with Crippen LogP contribution in [0.4, 0.5) is 5.69 Å². The predicted molar refractivity (Wildman–Crippen MR) is 131 cm³/mol. The van der Waals surface area contributed by atoms with Crippen molar-refractivity contribution in [3.63, 3.8) is 0 Å². The van der Waals surface area contributed by atoms with E-state index in [4.69, 9.17) is 14.2 Å². The van der Waals surface area contributed by atoms with Gasteiger partial charge in [0, 0.05) is 12.1 Å². The predicted octanol–water partition coefficient (Wildman–Crippen LogP) is 4.19. The first-order chi connectivity index (χ1) is 17.0. The third-order valence-electron chi connectivity index (χ3n) is 5.74. The van der Waals surface area contributed by atoms with Crippen molar-refractivity contribution in [3.05, 3.63) is 82.9 Å². The molecule has 4 rings (SSSR count). The van der Waals surface area contributed by atoms with Crippen LogP contribution < -0.4 is 19.5 Å². The Morgan fingerprint density at radius 2 is 1.60 bits per heavy atom. The Labute approximate surface area is 203 Å². The highest BCUT2D eigenvalue weighted by Crippen LogP contribution is 2.29. The number of para-hydroxylation sites is 2. The molecule has 0 saturated carbocycles. The molecule has 1 heterocycles. The van der Waals surface area contributed by atoms with E-state index in [9.17, 15) is 14.4 Å². The summed E-state index contributed by atoms with van der Waals surface area (Å²) in [6, 6.07) is 17.1. The van der Waals surface area contributed by atoms with E-state index in [0.29, 0.717) is 36.0 Å². The zero-order valence-corrected chi connectivity index (χ0v) is 19.8. The number of methoxy groups -OCH3 is 2. The number of amides is 3. The number of hydrogen-bond donors (Lipinski definition) is 1. The maximum absolute atomic E-state index is 13.0. The molecule has 1 aliphatic heterocycles. The molecule has 0 unspecified atom stereocenters. The minimum absolute atomic E-state index is 0.199. The van der Waals surface area contributed by atoms with E-state index in [0.717, 1.165) is 5.56 Å². The molecule has 1 N–H and O–H groups in total. The molecule has 0 radical (unpaired) electrons. The molecule has 1 aliphatic rings. The molecule has 3 aromatic carbocycles. The number of nitrogens with one attached hydrogen (secondary N) is 1. The summed E-state index contributed by atoms with van der Waals surface area (Å²) in [7, 11) is 3.11. The molecule has 0 aliphatic carbocycles. The minimum Gasteiger partial charge on any atom is -0.493 e. The van der Waals surface area contributed by atoms with Gasteiger partial charge in [-0.15, -0.1) is 0 Å². The van der Waals surface area contributed by atoms with Gasteiger partial charge in [-0.1, -0.05) is 18.2 Å². The first-order valence-electron chi connectivity index (χ1n) is 11.2. The van der Waals surface area contributed by atoms with Crippen molar-refractivity contribution in [1.82, 2.24) is 4.90 Å². The number of nitrogens with zero attached hydrogens (tertiary/aromatic N) is 1. The van der Waals surface area contributed by atoms with Crippen molar-refractivity contribution in [2.45, 2.75) is 13.3 Å². The zero-order valence-electron chi connectivity index (χ0n) is 19.8. The van der Waals surface area contributed by atoms with Gasteiger partial charge in [-0.2, -0.15) is 0 Å². The molecule has 180 valence electrons. The average molecular weight is 475 g/mol. The summed E-state index contributed by atoms with van der Waals surface area (Å²) >= 11 is 0. The topological polar surface area (TPSA) is 94.2 Å². The van der Waals surface area contributed by atoms with Gasteiger partial charge >= 0.3 is 0 Å². The largest absolute Gasteiger partial charge is 0.493 e. The maximum Gasteiger partial charge on any atom is 0.261 e. The lowest BCUT2D eigenvalue weighted by atomic mass is 10.1. The monoisotopic (exact) mass is 474 g/mol. The summed E-state index contributed by atoms with van der Waals surface area (Å²) in [5.41, 5.74) is 2.20. The van der Waals surface area contributed by atoms with E-state index >= 15 is 0 Å². The molecule has 35 heavy (non-hydrogen) atoms. The molecule has 8 nitrogen and oxygen atoms in total. The highest BCUT2D eigenvalue weighted by Gasteiger charge is 2.35. The van der Waals surface area contributed by atoms with Gasteiger partial charge in [0.1, 0.15) is 5.75 Å². The zero-order chi connectivity index (χ0) is 24.9. The third-order valence-corrected chi connectivity index (χ3v) is 5.74. The summed E-state index contributed by atoms with van der Waals surface area (Å²) in [4.78, 5) is 40.0. The van der Waals surface area contributed by atoms with Crippen molar-refractivity contribution in [2.24, 2.45) is 0 Å². The Morgan fingerprint density at radius 3 is 2.34 bits per heavy atom. The molecule has 0 saturated heterocycles. The van der Waals surface area contributed by atoms with Crippen LogP contribution in [-0.2, 0) is 6.42 Å². The first kappa shape index (κ1) is 23.8. The van der Waals surface area contributed by atoms with Gasteiger partial charge in [0.25, 0.3) is 17.7 Å². The molecular formula is C27H26N2O6. The van der Waals surface area contributed by atoms with E-state index in [1.165, 1.54) is 17.0 Å². The molecular weight excluding hydrogens is 448 g/mol. The fourth-order valence-corrected chi connectivity index (χ4v) is 3.96. The Morgan fingerprint density at radius 1 is 0.857 bits per heavy atom. The van der Waals surface area contributed by atoms with Crippen LogP contribution in [-0.4, -0.2) is 50.0 Å². The number of hydrogen-bond acceptors (Lipinski definition) is 6. The lowest BCUT2D eigenvalue weighted by molar-refractivity contribution is 0.0656. The standard InChI is InChI=1S/C27H26N2O6/c1-4-35-22-8-6-5-7-21(22)28-25(30)18-10-11-19-20(16-18)27(32)29(26(19)31)14-13-17-9-12-23(33-2)24(15-17)34-3/h5-12,15-16H,4,13-14H2,1-3H3,(H,28,30). The van der Waals surface area contributed by atoms with Crippen molar-refractivity contribution < 1.29 is 28.6 Å². The molecule has 3 amide bonds. The summed E-state index contributed by atoms with van der Waals surface area (Å²) in [6.45, 7) is 2.52. The van der Waals surface area contributed by atoms with Crippen LogP contribution in [0.5, 0.6) is 17.2 Å². The van der Waals surface area contributed by atoms with E-state index in [-0.39, 0.29) is 29.1 Å². The van der Waals surface area contributed by atoms with Crippen LogP contribution in [0.2, 0.25) is 0 Å². The molecule has 0 atom stereocenters. The van der Waals surface area contributed by atoms with Crippen LogP contribution in [0.1, 0.15) is 43.6 Å². The van der Waals surface area contributed by atoms with Crippen molar-refractivity contribution in [3.8, 4) is 17.2 Å². The fraction of sp³-hybridized carbons (Fsp3) is 0.222. The van der Waals surface area contributed by atoms with Gasteiger partial charge < -0.3 is 19.5 Å². The number of imide groups is 1. The van der Waals surface area contributed by atoms with Crippen LogP contribution >= 0.6 is 0 Å². The number of anilines is 1. The van der Waals surface area contributed by atoms with Crippen LogP contribution in [0.3, 0.4) is 0 Å². The third kappa shape index (κ3) is 4.82. The molecule has 0 bridgehead atoms. The number of fused-ring (bicyclic) bond motifs is 1. The van der Waals surface area contributed by atoms with Crippen molar-refractivity contribution in [2.75, 3.05) is 32.7 Å².